The average molecular weight is 507 g/mol. The van der Waals surface area contributed by atoms with Crippen LogP contribution in [0.2, 0.25) is 5.02 Å². The third-order valence-corrected chi connectivity index (χ3v) is 5.96. The Morgan fingerprint density at radius 3 is 2.48 bits per heavy atom. The number of H-pyrrole nitrogens is 1. The maximum atomic E-state index is 14.5. The fraction of sp³-hybridized carbons (Fsp3) is 0.318. The molecule has 0 aliphatic heterocycles. The van der Waals surface area contributed by atoms with E-state index in [9.17, 15) is 27.5 Å². The van der Waals surface area contributed by atoms with Gasteiger partial charge in [0.25, 0.3) is 0 Å². The fourth-order valence-corrected chi connectivity index (χ4v) is 4.11. The second kappa shape index (κ2) is 9.40. The summed E-state index contributed by atoms with van der Waals surface area (Å²) in [6.07, 6.45) is -4.72. The van der Waals surface area contributed by atoms with Crippen LogP contribution in [-0.2, 0) is 6.42 Å². The number of ether oxygens (including phenoxy) is 1. The molecule has 0 saturated heterocycles. The number of nitrogens with one attached hydrogen (secondary N) is 2. The molecule has 3 rings (SSSR count). The summed E-state index contributed by atoms with van der Waals surface area (Å²) >= 11 is 11.6. The van der Waals surface area contributed by atoms with Crippen LogP contribution in [-0.4, -0.2) is 34.9 Å². The third-order valence-electron chi connectivity index (χ3n) is 5.33. The summed E-state index contributed by atoms with van der Waals surface area (Å²) in [5.41, 5.74) is -3.12. The monoisotopic (exact) mass is 506 g/mol. The Morgan fingerprint density at radius 2 is 1.91 bits per heavy atom. The number of halogens is 6. The lowest BCUT2D eigenvalue weighted by molar-refractivity contribution is -0.257. The van der Waals surface area contributed by atoms with Crippen LogP contribution in [0.3, 0.4) is 0 Å². The van der Waals surface area contributed by atoms with Crippen molar-refractivity contribution < 1.29 is 27.4 Å². The molecule has 0 spiro atoms. The molecule has 11 heteroatoms. The van der Waals surface area contributed by atoms with Crippen molar-refractivity contribution in [2.45, 2.75) is 31.2 Å². The van der Waals surface area contributed by atoms with E-state index in [-0.39, 0.29) is 16.3 Å². The van der Waals surface area contributed by atoms with Crippen molar-refractivity contribution in [3.8, 4) is 5.75 Å². The maximum Gasteiger partial charge on any atom is 0.420 e. The molecule has 0 saturated carbocycles. The van der Waals surface area contributed by atoms with E-state index in [4.69, 9.17) is 27.9 Å². The first kappa shape index (κ1) is 25.1. The number of aryl methyl sites for hydroxylation is 1. The lowest BCUT2D eigenvalue weighted by atomic mass is 9.87. The van der Waals surface area contributed by atoms with Crippen LogP contribution >= 0.6 is 23.2 Å². The van der Waals surface area contributed by atoms with Gasteiger partial charge in [-0.25, -0.2) is 4.39 Å². The molecule has 0 bridgehead atoms. The number of benzene rings is 2. The molecule has 178 valence electrons. The van der Waals surface area contributed by atoms with Crippen LogP contribution in [0, 0.1) is 5.82 Å². The maximum absolute atomic E-state index is 14.5. The SMILES string of the molecule is CCc1cc(NC(c2cc(Cl)cc(F)c2OC)C(O)(CCl)C(F)(F)F)c2ccc(=O)[nH]c2c1. The smallest absolute Gasteiger partial charge is 0.420 e. The number of aliphatic hydroxyl groups is 1. The molecule has 2 aromatic carbocycles. The molecular weight excluding hydrogens is 487 g/mol. The van der Waals surface area contributed by atoms with Gasteiger partial charge in [0.05, 0.1) is 24.5 Å². The van der Waals surface area contributed by atoms with Crippen molar-refractivity contribution in [3.05, 3.63) is 68.7 Å². The van der Waals surface area contributed by atoms with Gasteiger partial charge in [0, 0.05) is 27.7 Å². The molecule has 0 radical (unpaired) electrons. The highest BCUT2D eigenvalue weighted by Crippen LogP contribution is 2.47. The number of alkyl halides is 4. The number of rotatable bonds is 7. The number of aromatic amines is 1. The molecule has 2 unspecified atom stereocenters. The highest BCUT2D eigenvalue weighted by molar-refractivity contribution is 6.30. The van der Waals surface area contributed by atoms with E-state index in [1.807, 2.05) is 6.92 Å². The molecule has 0 fully saturated rings. The van der Waals surface area contributed by atoms with Gasteiger partial charge in [0.2, 0.25) is 5.56 Å². The number of pyridine rings is 1. The summed E-state index contributed by atoms with van der Waals surface area (Å²) in [7, 11) is 1.08. The van der Waals surface area contributed by atoms with Gasteiger partial charge in [-0.15, -0.1) is 11.6 Å². The van der Waals surface area contributed by atoms with Crippen molar-refractivity contribution in [2.24, 2.45) is 0 Å². The number of methoxy groups -OCH3 is 1. The summed E-state index contributed by atoms with van der Waals surface area (Å²) in [5, 5.41) is 13.6. The van der Waals surface area contributed by atoms with Crippen LogP contribution in [0.25, 0.3) is 10.9 Å². The van der Waals surface area contributed by atoms with Gasteiger partial charge in [-0.3, -0.25) is 4.79 Å². The van der Waals surface area contributed by atoms with Gasteiger partial charge >= 0.3 is 6.18 Å². The molecule has 5 nitrogen and oxygen atoms in total. The van der Waals surface area contributed by atoms with E-state index in [0.29, 0.717) is 22.9 Å². The first-order chi connectivity index (χ1) is 15.4. The Kier molecular flexibility index (Phi) is 7.16. The Labute approximate surface area is 196 Å². The van der Waals surface area contributed by atoms with E-state index < -0.39 is 40.8 Å². The van der Waals surface area contributed by atoms with Crippen molar-refractivity contribution in [1.82, 2.24) is 4.98 Å². The topological polar surface area (TPSA) is 74.3 Å². The zero-order chi connectivity index (χ0) is 24.6. The molecule has 1 heterocycles. The quantitative estimate of drug-likeness (QED) is 0.289. The molecule has 3 aromatic rings. The van der Waals surface area contributed by atoms with Crippen molar-refractivity contribution >= 4 is 39.8 Å². The summed E-state index contributed by atoms with van der Waals surface area (Å²) < 4.78 is 61.9. The van der Waals surface area contributed by atoms with Crippen LogP contribution < -0.4 is 15.6 Å². The Bertz CT molecular complexity index is 1230. The van der Waals surface area contributed by atoms with Gasteiger partial charge in [0.15, 0.2) is 17.2 Å². The van der Waals surface area contributed by atoms with Gasteiger partial charge in [-0.2, -0.15) is 13.2 Å². The second-order valence-electron chi connectivity index (χ2n) is 7.42. The minimum atomic E-state index is -5.22. The predicted molar refractivity (Wildman–Crippen MR) is 120 cm³/mol. The molecule has 0 amide bonds. The minimum Gasteiger partial charge on any atom is -0.493 e. The number of fused-ring (bicyclic) bond motifs is 1. The van der Waals surface area contributed by atoms with E-state index >= 15 is 0 Å². The number of hydrogen-bond acceptors (Lipinski definition) is 4. The Morgan fingerprint density at radius 1 is 1.21 bits per heavy atom. The largest absolute Gasteiger partial charge is 0.493 e. The van der Waals surface area contributed by atoms with E-state index in [0.717, 1.165) is 19.2 Å². The van der Waals surface area contributed by atoms with Gasteiger partial charge in [-0.1, -0.05) is 18.5 Å². The van der Waals surface area contributed by atoms with Crippen molar-refractivity contribution in [2.75, 3.05) is 18.3 Å². The van der Waals surface area contributed by atoms with Crippen LogP contribution in [0.15, 0.2) is 41.2 Å². The third kappa shape index (κ3) is 4.76. The Hall–Kier alpha value is -2.49. The molecule has 0 aliphatic carbocycles. The molecule has 2 atom stereocenters. The lowest BCUT2D eigenvalue weighted by Crippen LogP contribution is -2.54. The second-order valence-corrected chi connectivity index (χ2v) is 8.13. The highest BCUT2D eigenvalue weighted by Gasteiger charge is 2.59. The standard InChI is InChI=1S/C22H20Cl2F4N2O3/c1-3-11-6-16-13(4-5-18(31)29-16)17(7-11)30-20(21(32,10-23)22(26,27)28)14-8-12(24)9-15(25)19(14)33-2/h4-9,20,30,32H,3,10H2,1-2H3,(H,29,31). The van der Waals surface area contributed by atoms with E-state index in [1.165, 1.54) is 12.1 Å². The normalized spacial score (nSPS) is 14.7. The fourth-order valence-electron chi connectivity index (χ4n) is 3.59. The van der Waals surface area contributed by atoms with E-state index in [2.05, 4.69) is 10.3 Å². The number of aromatic nitrogens is 1. The minimum absolute atomic E-state index is 0.154. The first-order valence-electron chi connectivity index (χ1n) is 9.75. The molecular formula is C22H20Cl2F4N2O3. The van der Waals surface area contributed by atoms with Crippen molar-refractivity contribution in [1.29, 1.82) is 0 Å². The average Bonchev–Trinajstić information content (AvgIpc) is 2.74. The molecule has 33 heavy (non-hydrogen) atoms. The van der Waals surface area contributed by atoms with Crippen LogP contribution in [0.5, 0.6) is 5.75 Å². The molecule has 1 aromatic heterocycles. The highest BCUT2D eigenvalue weighted by atomic mass is 35.5. The zero-order valence-electron chi connectivity index (χ0n) is 17.5. The van der Waals surface area contributed by atoms with Gasteiger partial charge in [-0.05, 0) is 42.3 Å². The zero-order valence-corrected chi connectivity index (χ0v) is 19.0. The summed E-state index contributed by atoms with van der Waals surface area (Å²) in [6, 6.07) is 5.83. The summed E-state index contributed by atoms with van der Waals surface area (Å²) in [6.45, 7) is 1.82. The van der Waals surface area contributed by atoms with Gasteiger partial charge in [0.1, 0.15) is 0 Å². The number of hydrogen-bond donors (Lipinski definition) is 3. The van der Waals surface area contributed by atoms with Crippen molar-refractivity contribution in [3.63, 3.8) is 0 Å². The van der Waals surface area contributed by atoms with E-state index in [1.54, 1.807) is 12.1 Å². The van der Waals surface area contributed by atoms with Gasteiger partial charge < -0.3 is 20.1 Å². The predicted octanol–water partition coefficient (Wildman–Crippen LogP) is 5.58. The van der Waals surface area contributed by atoms with Crippen LogP contribution in [0.1, 0.15) is 24.1 Å². The lowest BCUT2D eigenvalue weighted by Gasteiger charge is -2.38. The first-order valence-corrected chi connectivity index (χ1v) is 10.7. The Balaban J connectivity index is 2.33. The summed E-state index contributed by atoms with van der Waals surface area (Å²) in [4.78, 5) is 14.4. The van der Waals surface area contributed by atoms with Crippen LogP contribution in [0.4, 0.5) is 23.2 Å². The molecule has 3 N–H and O–H groups in total. The molecule has 0 aliphatic rings. The summed E-state index contributed by atoms with van der Waals surface area (Å²) in [5.74, 6) is -2.82. The number of anilines is 1.